The number of hydrogen-bond acceptors (Lipinski definition) is 3. The first-order valence-electron chi connectivity index (χ1n) is 9.85. The lowest BCUT2D eigenvalue weighted by Gasteiger charge is -2.57. The molecule has 4 aliphatic carbocycles. The molecule has 134 valence electrons. The third-order valence-electron chi connectivity index (χ3n) is 8.56. The Bertz CT molecular complexity index is 567. The summed E-state index contributed by atoms with van der Waals surface area (Å²) in [5.74, 6) is 2.21. The molecule has 24 heavy (non-hydrogen) atoms. The van der Waals surface area contributed by atoms with Gasteiger partial charge < -0.3 is 9.84 Å². The van der Waals surface area contributed by atoms with Gasteiger partial charge in [-0.1, -0.05) is 25.5 Å². The summed E-state index contributed by atoms with van der Waals surface area (Å²) in [7, 11) is 1.54. The minimum absolute atomic E-state index is 0.0116. The minimum atomic E-state index is -0.134. The van der Waals surface area contributed by atoms with Crippen molar-refractivity contribution in [1.29, 1.82) is 0 Å². The number of fused-ring (bicyclic) bond motifs is 5. The van der Waals surface area contributed by atoms with Crippen LogP contribution in [-0.2, 0) is 9.53 Å². The van der Waals surface area contributed by atoms with E-state index in [9.17, 15) is 9.90 Å². The molecule has 0 aromatic rings. The SMILES string of the molecule is COC(=O)[C@@H]1CC[C@@H]2[C@H]3CC=C4C[C@H](O)CC[C@]4(C)[C@@H]3CC[C@@]21C. The molecule has 4 rings (SSSR count). The highest BCUT2D eigenvalue weighted by molar-refractivity contribution is 5.73. The molecule has 0 amide bonds. The molecule has 3 fully saturated rings. The number of carbonyl (C=O) groups excluding carboxylic acids is 1. The Balaban J connectivity index is 1.64. The molecular formula is C21H32O3. The molecule has 0 radical (unpaired) electrons. The maximum Gasteiger partial charge on any atom is 0.309 e. The second-order valence-electron chi connectivity index (χ2n) is 9.35. The molecule has 3 heteroatoms. The number of aliphatic hydroxyl groups is 1. The van der Waals surface area contributed by atoms with Crippen LogP contribution in [0.2, 0.25) is 0 Å². The van der Waals surface area contributed by atoms with Crippen LogP contribution in [0.25, 0.3) is 0 Å². The normalized spacial score (nSPS) is 50.3. The van der Waals surface area contributed by atoms with Gasteiger partial charge in [0.2, 0.25) is 0 Å². The van der Waals surface area contributed by atoms with E-state index in [1.807, 2.05) is 0 Å². The molecule has 3 nitrogen and oxygen atoms in total. The quantitative estimate of drug-likeness (QED) is 0.581. The number of rotatable bonds is 1. The van der Waals surface area contributed by atoms with E-state index in [0.29, 0.717) is 11.8 Å². The van der Waals surface area contributed by atoms with E-state index in [4.69, 9.17) is 4.74 Å². The number of esters is 1. The Kier molecular flexibility index (Phi) is 3.87. The molecule has 3 saturated carbocycles. The van der Waals surface area contributed by atoms with Crippen molar-refractivity contribution >= 4 is 5.97 Å². The van der Waals surface area contributed by atoms with Gasteiger partial charge in [-0.05, 0) is 80.0 Å². The van der Waals surface area contributed by atoms with Crippen molar-refractivity contribution in [2.24, 2.45) is 34.5 Å². The lowest BCUT2D eigenvalue weighted by molar-refractivity contribution is -0.152. The maximum absolute atomic E-state index is 12.3. The van der Waals surface area contributed by atoms with Crippen molar-refractivity contribution in [3.8, 4) is 0 Å². The Morgan fingerprint density at radius 3 is 2.71 bits per heavy atom. The molecule has 0 unspecified atom stereocenters. The smallest absolute Gasteiger partial charge is 0.309 e. The molecule has 0 aliphatic heterocycles. The van der Waals surface area contributed by atoms with Crippen LogP contribution in [0.3, 0.4) is 0 Å². The van der Waals surface area contributed by atoms with E-state index in [1.54, 1.807) is 0 Å². The summed E-state index contributed by atoms with van der Waals surface area (Å²) in [5.41, 5.74) is 1.94. The van der Waals surface area contributed by atoms with Gasteiger partial charge in [0, 0.05) is 0 Å². The van der Waals surface area contributed by atoms with Crippen molar-refractivity contribution in [2.45, 2.75) is 71.3 Å². The number of carbonyl (C=O) groups is 1. The first-order valence-corrected chi connectivity index (χ1v) is 9.85. The molecule has 0 saturated heterocycles. The van der Waals surface area contributed by atoms with Gasteiger partial charge in [-0.3, -0.25) is 4.79 Å². The van der Waals surface area contributed by atoms with Gasteiger partial charge in [-0.15, -0.1) is 0 Å². The van der Waals surface area contributed by atoms with Gasteiger partial charge in [0.05, 0.1) is 19.1 Å². The van der Waals surface area contributed by atoms with Crippen molar-refractivity contribution in [1.82, 2.24) is 0 Å². The zero-order valence-corrected chi connectivity index (χ0v) is 15.4. The second kappa shape index (κ2) is 5.59. The van der Waals surface area contributed by atoms with Gasteiger partial charge in [0.25, 0.3) is 0 Å². The first-order chi connectivity index (χ1) is 11.4. The fraction of sp³-hybridized carbons (Fsp3) is 0.857. The van der Waals surface area contributed by atoms with Crippen LogP contribution in [0.15, 0.2) is 11.6 Å². The summed E-state index contributed by atoms with van der Waals surface area (Å²) < 4.78 is 5.12. The topological polar surface area (TPSA) is 46.5 Å². The lowest BCUT2D eigenvalue weighted by atomic mass is 9.47. The zero-order valence-electron chi connectivity index (χ0n) is 15.4. The van der Waals surface area contributed by atoms with Crippen molar-refractivity contribution in [3.05, 3.63) is 11.6 Å². The highest BCUT2D eigenvalue weighted by Crippen LogP contribution is 2.66. The highest BCUT2D eigenvalue weighted by Gasteiger charge is 2.60. The van der Waals surface area contributed by atoms with Crippen molar-refractivity contribution < 1.29 is 14.6 Å². The summed E-state index contributed by atoms with van der Waals surface area (Å²) in [4.78, 5) is 12.3. The number of allylic oxidation sites excluding steroid dienone is 1. The predicted molar refractivity (Wildman–Crippen MR) is 93.2 cm³/mol. The summed E-state index contributed by atoms with van der Waals surface area (Å²) in [6, 6.07) is 0. The maximum atomic E-state index is 12.3. The van der Waals surface area contributed by atoms with Crippen LogP contribution < -0.4 is 0 Å². The van der Waals surface area contributed by atoms with E-state index < -0.39 is 0 Å². The molecule has 0 aromatic carbocycles. The van der Waals surface area contributed by atoms with Gasteiger partial charge in [-0.25, -0.2) is 0 Å². The highest BCUT2D eigenvalue weighted by atomic mass is 16.5. The summed E-state index contributed by atoms with van der Waals surface area (Å²) in [5, 5.41) is 10.1. The van der Waals surface area contributed by atoms with E-state index in [0.717, 1.165) is 44.4 Å². The van der Waals surface area contributed by atoms with Gasteiger partial charge >= 0.3 is 5.97 Å². The number of hydrogen-bond donors (Lipinski definition) is 1. The summed E-state index contributed by atoms with van der Waals surface area (Å²) in [6.07, 6.45) is 11.0. The van der Waals surface area contributed by atoms with Crippen LogP contribution in [0.4, 0.5) is 0 Å². The van der Waals surface area contributed by atoms with Crippen LogP contribution in [0.1, 0.15) is 65.2 Å². The summed E-state index contributed by atoms with van der Waals surface area (Å²) >= 11 is 0. The van der Waals surface area contributed by atoms with E-state index in [2.05, 4.69) is 19.9 Å². The van der Waals surface area contributed by atoms with Crippen LogP contribution in [0, 0.1) is 34.5 Å². The molecule has 7 atom stereocenters. The molecule has 0 bridgehead atoms. The molecule has 0 aromatic heterocycles. The lowest BCUT2D eigenvalue weighted by Crippen LogP contribution is -2.51. The van der Waals surface area contributed by atoms with Crippen molar-refractivity contribution in [2.75, 3.05) is 7.11 Å². The van der Waals surface area contributed by atoms with E-state index in [1.165, 1.54) is 25.5 Å². The third-order valence-corrected chi connectivity index (χ3v) is 8.56. The minimum Gasteiger partial charge on any atom is -0.469 e. The average Bonchev–Trinajstić information content (AvgIpc) is 2.92. The Labute approximate surface area is 145 Å². The largest absolute Gasteiger partial charge is 0.469 e. The van der Waals surface area contributed by atoms with Crippen LogP contribution in [-0.4, -0.2) is 24.3 Å². The van der Waals surface area contributed by atoms with E-state index in [-0.39, 0.29) is 28.8 Å². The monoisotopic (exact) mass is 332 g/mol. The Morgan fingerprint density at radius 1 is 1.17 bits per heavy atom. The molecular weight excluding hydrogens is 300 g/mol. The molecule has 0 heterocycles. The molecule has 1 N–H and O–H groups in total. The number of aliphatic hydroxyl groups excluding tert-OH is 1. The number of methoxy groups -OCH3 is 1. The fourth-order valence-electron chi connectivity index (χ4n) is 7.17. The fourth-order valence-corrected chi connectivity index (χ4v) is 7.17. The molecule has 0 spiro atoms. The zero-order chi connectivity index (χ0) is 17.1. The predicted octanol–water partition coefficient (Wildman–Crippen LogP) is 4.10. The Hall–Kier alpha value is -0.830. The Morgan fingerprint density at radius 2 is 1.96 bits per heavy atom. The average molecular weight is 332 g/mol. The van der Waals surface area contributed by atoms with Crippen LogP contribution >= 0.6 is 0 Å². The summed E-state index contributed by atoms with van der Waals surface area (Å²) in [6.45, 7) is 4.81. The second-order valence-corrected chi connectivity index (χ2v) is 9.35. The van der Waals surface area contributed by atoms with Gasteiger partial charge in [-0.2, -0.15) is 0 Å². The standard InChI is InChI=1S/C21H32O3/c1-20-10-8-14(22)12-13(20)4-5-15-16-6-7-18(19(23)24-3)21(16,2)11-9-17(15)20/h4,14-18,22H,5-12H2,1-3H3/t14-,15-,16-,17-,18+,20+,21+/m1/s1. The molecule has 4 aliphatic rings. The third kappa shape index (κ3) is 2.16. The first kappa shape index (κ1) is 16.6. The number of ether oxygens (including phenoxy) is 1. The van der Waals surface area contributed by atoms with Gasteiger partial charge in [0.1, 0.15) is 0 Å². The van der Waals surface area contributed by atoms with Crippen molar-refractivity contribution in [3.63, 3.8) is 0 Å². The van der Waals surface area contributed by atoms with Crippen LogP contribution in [0.5, 0.6) is 0 Å². The van der Waals surface area contributed by atoms with E-state index >= 15 is 0 Å². The van der Waals surface area contributed by atoms with Gasteiger partial charge in [0.15, 0.2) is 0 Å².